The zero-order valence-corrected chi connectivity index (χ0v) is 21.9. The van der Waals surface area contributed by atoms with Crippen molar-refractivity contribution in [1.82, 2.24) is 0 Å². The van der Waals surface area contributed by atoms with Crippen LogP contribution in [0.25, 0.3) is 0 Å². The fourth-order valence-corrected chi connectivity index (χ4v) is 2.87. The highest BCUT2D eigenvalue weighted by atomic mass is 16.6. The number of ether oxygens (including phenoxy) is 4. The van der Waals surface area contributed by atoms with E-state index in [2.05, 4.69) is 33.6 Å². The molecule has 0 aliphatic carbocycles. The molecule has 0 aliphatic heterocycles. The van der Waals surface area contributed by atoms with Crippen LogP contribution in [-0.2, 0) is 29.2 Å². The highest BCUT2D eigenvalue weighted by molar-refractivity contribution is 5.81. The van der Waals surface area contributed by atoms with E-state index >= 15 is 0 Å². The van der Waals surface area contributed by atoms with E-state index in [0.29, 0.717) is 5.75 Å². The van der Waals surface area contributed by atoms with Crippen molar-refractivity contribution in [1.29, 1.82) is 0 Å². The molecule has 0 saturated heterocycles. The van der Waals surface area contributed by atoms with E-state index < -0.39 is 24.1 Å². The minimum Gasteiger partial charge on any atom is -0.491 e. The third kappa shape index (κ3) is 11.9. The quantitative estimate of drug-likeness (QED) is 0.184. The van der Waals surface area contributed by atoms with Crippen LogP contribution < -0.4 is 4.74 Å². The van der Waals surface area contributed by atoms with Crippen molar-refractivity contribution in [3.05, 3.63) is 91.1 Å². The first kappa shape index (κ1) is 31.6. The molecule has 2 atom stereocenters. The molecule has 2 unspecified atom stereocenters. The van der Waals surface area contributed by atoms with Gasteiger partial charge in [0.2, 0.25) is 0 Å². The van der Waals surface area contributed by atoms with Crippen LogP contribution in [0.4, 0.5) is 0 Å². The van der Waals surface area contributed by atoms with E-state index in [0.717, 1.165) is 28.9 Å². The number of benzene rings is 1. The Kier molecular flexibility index (Phi) is 13.9. The normalized spacial score (nSPS) is 13.5. The number of aliphatic hydroxyl groups excluding tert-OH is 2. The maximum absolute atomic E-state index is 11.1. The zero-order valence-electron chi connectivity index (χ0n) is 21.9. The topological polar surface area (TPSA) is 112 Å². The molecule has 0 saturated carbocycles. The number of hydrogen-bond donors (Lipinski definition) is 2. The third-order valence-electron chi connectivity index (χ3n) is 5.44. The van der Waals surface area contributed by atoms with Gasteiger partial charge >= 0.3 is 11.9 Å². The van der Waals surface area contributed by atoms with E-state index in [1.165, 1.54) is 0 Å². The summed E-state index contributed by atoms with van der Waals surface area (Å²) in [5.41, 5.74) is 2.41. The lowest BCUT2D eigenvalue weighted by atomic mass is 9.78. The lowest BCUT2D eigenvalue weighted by molar-refractivity contribution is -0.142. The Morgan fingerprint density at radius 3 is 1.97 bits per heavy atom. The molecule has 1 aromatic rings. The number of hydrogen-bond acceptors (Lipinski definition) is 8. The molecule has 0 heterocycles. The Bertz CT molecular complexity index is 972. The molecule has 1 aromatic carbocycles. The van der Waals surface area contributed by atoms with Crippen LogP contribution >= 0.6 is 0 Å². The van der Waals surface area contributed by atoms with Crippen LogP contribution in [-0.4, -0.2) is 67.4 Å². The van der Waals surface area contributed by atoms with Gasteiger partial charge in [-0.25, -0.2) is 9.59 Å². The van der Waals surface area contributed by atoms with Gasteiger partial charge < -0.3 is 29.2 Å². The molecule has 202 valence electrons. The monoisotopic (exact) mass is 514 g/mol. The smallest absolute Gasteiger partial charge is 0.330 e. The molecular formula is C29H38O8. The number of rotatable bonds is 17. The number of allylic oxidation sites excluding steroid dienone is 3. The van der Waals surface area contributed by atoms with E-state index in [4.69, 9.17) is 18.9 Å². The number of carbonyl (C=O) groups is 2. The molecule has 8 nitrogen and oxygen atoms in total. The van der Waals surface area contributed by atoms with E-state index in [1.807, 2.05) is 37.3 Å². The highest BCUT2D eigenvalue weighted by Gasteiger charge is 2.23. The first-order chi connectivity index (χ1) is 17.5. The maximum atomic E-state index is 11.1. The summed E-state index contributed by atoms with van der Waals surface area (Å²) >= 11 is 0. The van der Waals surface area contributed by atoms with Gasteiger partial charge in [0.15, 0.2) is 0 Å². The first-order valence-electron chi connectivity index (χ1n) is 11.8. The van der Waals surface area contributed by atoms with E-state index in [1.54, 1.807) is 12.1 Å². The number of esters is 2. The molecule has 0 amide bonds. The van der Waals surface area contributed by atoms with Gasteiger partial charge in [-0.15, -0.1) is 0 Å². The molecule has 0 radical (unpaired) electrons. The Morgan fingerprint density at radius 2 is 1.46 bits per heavy atom. The Morgan fingerprint density at radius 1 is 0.919 bits per heavy atom. The van der Waals surface area contributed by atoms with Crippen LogP contribution in [0.1, 0.15) is 26.3 Å². The maximum Gasteiger partial charge on any atom is 0.330 e. The summed E-state index contributed by atoms with van der Waals surface area (Å²) in [7, 11) is 0. The zero-order chi connectivity index (χ0) is 27.8. The van der Waals surface area contributed by atoms with Crippen LogP contribution in [0.15, 0.2) is 85.5 Å². The Labute approximate surface area is 219 Å². The molecule has 0 aromatic heterocycles. The first-order valence-corrected chi connectivity index (χ1v) is 11.8. The summed E-state index contributed by atoms with van der Waals surface area (Å²) in [5.74, 6) is -0.622. The van der Waals surface area contributed by atoms with Crippen molar-refractivity contribution in [2.45, 2.75) is 38.4 Å². The van der Waals surface area contributed by atoms with Gasteiger partial charge in [-0.2, -0.15) is 0 Å². The average molecular weight is 515 g/mol. The fraction of sp³-hybridized carbons (Fsp3) is 0.379. The van der Waals surface area contributed by atoms with E-state index in [-0.39, 0.29) is 38.4 Å². The van der Waals surface area contributed by atoms with Crippen molar-refractivity contribution < 1.29 is 38.7 Å². The number of carbonyl (C=O) groups excluding carboxylic acids is 2. The molecule has 0 fully saturated rings. The summed E-state index contributed by atoms with van der Waals surface area (Å²) in [4.78, 5) is 22.1. The predicted octanol–water partition coefficient (Wildman–Crippen LogP) is 3.60. The Hall–Kier alpha value is -3.46. The summed E-state index contributed by atoms with van der Waals surface area (Å²) in [6, 6.07) is 7.47. The van der Waals surface area contributed by atoms with Crippen LogP contribution in [0, 0.1) is 0 Å². The molecule has 2 N–H and O–H groups in total. The second-order valence-corrected chi connectivity index (χ2v) is 8.67. The summed E-state index contributed by atoms with van der Waals surface area (Å²) < 4.78 is 20.7. The summed E-state index contributed by atoms with van der Waals surface area (Å²) in [6.07, 6.45) is 5.92. The predicted molar refractivity (Wildman–Crippen MR) is 142 cm³/mol. The molecule has 0 bridgehead atoms. The van der Waals surface area contributed by atoms with Crippen LogP contribution in [0.5, 0.6) is 5.75 Å². The van der Waals surface area contributed by atoms with Gasteiger partial charge in [0.05, 0.1) is 13.2 Å². The molecule has 8 heteroatoms. The summed E-state index contributed by atoms with van der Waals surface area (Å²) in [6.45, 7) is 16.8. The third-order valence-corrected chi connectivity index (χ3v) is 5.44. The largest absolute Gasteiger partial charge is 0.491 e. The van der Waals surface area contributed by atoms with Crippen molar-refractivity contribution in [2.24, 2.45) is 0 Å². The van der Waals surface area contributed by atoms with Gasteiger partial charge in [0.1, 0.15) is 37.8 Å². The van der Waals surface area contributed by atoms with Crippen LogP contribution in [0.2, 0.25) is 0 Å². The van der Waals surface area contributed by atoms with Crippen molar-refractivity contribution in [2.75, 3.05) is 33.0 Å². The van der Waals surface area contributed by atoms with Gasteiger partial charge in [0, 0.05) is 17.6 Å². The van der Waals surface area contributed by atoms with Crippen molar-refractivity contribution >= 4 is 11.9 Å². The second kappa shape index (κ2) is 16.3. The van der Waals surface area contributed by atoms with E-state index in [9.17, 15) is 19.8 Å². The minimum atomic E-state index is -0.951. The standard InChI is InChI=1S/C29H38O8/c1-7-22(16-34-17-24(30)19-36-27(32)8-2)11-10-21(4)29(5,6)23-12-14-26(15-13-23)35-18-25(31)20-37-28(33)9-3/h7-15,24-25,30-31H,2-4,16-20H2,1,5-6H3/b11-10-,22-7+. The molecule has 1 rings (SSSR count). The van der Waals surface area contributed by atoms with Gasteiger partial charge in [-0.05, 0) is 35.8 Å². The lowest BCUT2D eigenvalue weighted by Crippen LogP contribution is -2.24. The average Bonchev–Trinajstić information content (AvgIpc) is 2.90. The Balaban J connectivity index is 2.59. The van der Waals surface area contributed by atoms with Gasteiger partial charge in [-0.3, -0.25) is 0 Å². The molecule has 37 heavy (non-hydrogen) atoms. The highest BCUT2D eigenvalue weighted by Crippen LogP contribution is 2.32. The molecule has 0 aliphatic rings. The molecular weight excluding hydrogens is 476 g/mol. The summed E-state index contributed by atoms with van der Waals surface area (Å²) in [5, 5.41) is 19.7. The van der Waals surface area contributed by atoms with Crippen molar-refractivity contribution in [3.63, 3.8) is 0 Å². The van der Waals surface area contributed by atoms with Crippen molar-refractivity contribution in [3.8, 4) is 5.75 Å². The van der Waals surface area contributed by atoms with Gasteiger partial charge in [-0.1, -0.05) is 63.9 Å². The number of aliphatic hydroxyl groups is 2. The fourth-order valence-electron chi connectivity index (χ4n) is 2.87. The second-order valence-electron chi connectivity index (χ2n) is 8.67. The SMILES string of the molecule is C=CC(=O)OCC(O)COCC(/C=C\C(=C)C(C)(C)c1ccc(OCC(O)COC(=O)C=C)cc1)=C/C. The van der Waals surface area contributed by atoms with Gasteiger partial charge in [0.25, 0.3) is 0 Å². The molecule has 0 spiro atoms. The minimum absolute atomic E-state index is 0.0200. The lowest BCUT2D eigenvalue weighted by Gasteiger charge is -2.26. The van der Waals surface area contributed by atoms with Crippen LogP contribution in [0.3, 0.4) is 0 Å².